The molecule has 2 rings (SSSR count). The van der Waals surface area contributed by atoms with Crippen LogP contribution in [0.15, 0.2) is 23.1 Å². The molecule has 0 spiro atoms. The lowest BCUT2D eigenvalue weighted by atomic mass is 9.97. The minimum absolute atomic E-state index is 0.00505. The normalized spacial score (nSPS) is 21.4. The van der Waals surface area contributed by atoms with Gasteiger partial charge in [0, 0.05) is 6.61 Å². The summed E-state index contributed by atoms with van der Waals surface area (Å²) in [5, 5.41) is 5.19. The van der Waals surface area contributed by atoms with Crippen LogP contribution in [0.1, 0.15) is 36.5 Å². The van der Waals surface area contributed by atoms with Crippen molar-refractivity contribution >= 4 is 10.0 Å². The molecule has 1 saturated heterocycles. The summed E-state index contributed by atoms with van der Waals surface area (Å²) in [6, 6.07) is 5.18. The number of nitrogens with two attached hydrogens (primary N) is 1. The summed E-state index contributed by atoms with van der Waals surface area (Å²) in [5.74, 6) is 0. The van der Waals surface area contributed by atoms with E-state index in [1.165, 1.54) is 6.07 Å². The van der Waals surface area contributed by atoms with Gasteiger partial charge in [-0.15, -0.1) is 0 Å². The van der Waals surface area contributed by atoms with Crippen LogP contribution in [0.4, 0.5) is 0 Å². The first-order valence-electron chi connectivity index (χ1n) is 5.74. The van der Waals surface area contributed by atoms with Crippen LogP contribution in [-0.4, -0.2) is 15.0 Å². The molecule has 1 fully saturated rings. The fourth-order valence-electron chi connectivity index (χ4n) is 2.27. The van der Waals surface area contributed by atoms with E-state index >= 15 is 0 Å². The summed E-state index contributed by atoms with van der Waals surface area (Å²) < 4.78 is 28.5. The molecule has 1 aliphatic heterocycles. The first-order chi connectivity index (χ1) is 8.00. The molecule has 0 saturated carbocycles. The van der Waals surface area contributed by atoms with Gasteiger partial charge in [0.2, 0.25) is 10.0 Å². The lowest BCUT2D eigenvalue weighted by Gasteiger charge is -2.25. The molecule has 0 radical (unpaired) electrons. The molecule has 94 valence electrons. The van der Waals surface area contributed by atoms with E-state index in [2.05, 4.69) is 0 Å². The van der Waals surface area contributed by atoms with E-state index in [0.29, 0.717) is 5.56 Å². The summed E-state index contributed by atoms with van der Waals surface area (Å²) in [5.41, 5.74) is 1.65. The molecule has 0 bridgehead atoms. The fraction of sp³-hybridized carbons (Fsp3) is 0.500. The largest absolute Gasteiger partial charge is 0.374 e. The number of rotatable bonds is 2. The molecular formula is C12H17NO3S. The highest BCUT2D eigenvalue weighted by molar-refractivity contribution is 7.89. The van der Waals surface area contributed by atoms with Gasteiger partial charge in [0.25, 0.3) is 0 Å². The van der Waals surface area contributed by atoms with Crippen LogP contribution in [0.3, 0.4) is 0 Å². The Morgan fingerprint density at radius 2 is 2.12 bits per heavy atom. The molecule has 0 aliphatic carbocycles. The molecule has 1 unspecified atom stereocenters. The quantitative estimate of drug-likeness (QED) is 0.877. The maximum absolute atomic E-state index is 11.4. The van der Waals surface area contributed by atoms with Gasteiger partial charge < -0.3 is 4.74 Å². The highest BCUT2D eigenvalue weighted by atomic mass is 32.2. The zero-order chi connectivity index (χ0) is 12.5. The third-order valence-electron chi connectivity index (χ3n) is 3.16. The van der Waals surface area contributed by atoms with Crippen LogP contribution in [0.25, 0.3) is 0 Å². The van der Waals surface area contributed by atoms with Crippen molar-refractivity contribution in [2.75, 3.05) is 6.61 Å². The highest BCUT2D eigenvalue weighted by Gasteiger charge is 2.21. The van der Waals surface area contributed by atoms with E-state index in [4.69, 9.17) is 9.88 Å². The number of benzene rings is 1. The Hall–Kier alpha value is -0.910. The van der Waals surface area contributed by atoms with Gasteiger partial charge in [-0.3, -0.25) is 0 Å². The van der Waals surface area contributed by atoms with Crippen LogP contribution in [0.2, 0.25) is 0 Å². The molecule has 1 aromatic rings. The molecule has 5 heteroatoms. The van der Waals surface area contributed by atoms with Gasteiger partial charge in [0.15, 0.2) is 0 Å². The van der Waals surface area contributed by atoms with Crippen molar-refractivity contribution in [3.8, 4) is 0 Å². The van der Waals surface area contributed by atoms with Crippen LogP contribution >= 0.6 is 0 Å². The number of sulfonamides is 1. The Morgan fingerprint density at radius 3 is 2.71 bits per heavy atom. The monoisotopic (exact) mass is 255 g/mol. The molecule has 1 atom stereocenters. The van der Waals surface area contributed by atoms with Crippen molar-refractivity contribution in [3.05, 3.63) is 29.3 Å². The highest BCUT2D eigenvalue weighted by Crippen LogP contribution is 2.31. The Morgan fingerprint density at radius 1 is 1.35 bits per heavy atom. The van der Waals surface area contributed by atoms with E-state index < -0.39 is 10.0 Å². The molecule has 0 aromatic heterocycles. The van der Waals surface area contributed by atoms with E-state index in [9.17, 15) is 8.42 Å². The molecule has 4 nitrogen and oxygen atoms in total. The molecular weight excluding hydrogens is 238 g/mol. The summed E-state index contributed by atoms with van der Waals surface area (Å²) in [4.78, 5) is 0.198. The van der Waals surface area contributed by atoms with Crippen LogP contribution < -0.4 is 5.14 Å². The third-order valence-corrected chi connectivity index (χ3v) is 4.21. The van der Waals surface area contributed by atoms with E-state index in [1.807, 2.05) is 6.07 Å². The standard InChI is InChI=1S/C12H17NO3S/c1-9-10(11-6-2-3-8-16-11)5-4-7-12(9)17(13,14)15/h4-5,7,11H,2-3,6,8H2,1H3,(H2,13,14,15). The Balaban J connectivity index is 2.42. The van der Waals surface area contributed by atoms with Gasteiger partial charge in [0.05, 0.1) is 11.0 Å². The molecule has 0 amide bonds. The van der Waals surface area contributed by atoms with Crippen LogP contribution in [0.5, 0.6) is 0 Å². The van der Waals surface area contributed by atoms with Crippen molar-refractivity contribution in [2.24, 2.45) is 5.14 Å². The van der Waals surface area contributed by atoms with Crippen molar-refractivity contribution in [3.63, 3.8) is 0 Å². The Labute approximate surface area is 102 Å². The van der Waals surface area contributed by atoms with Crippen LogP contribution in [0, 0.1) is 6.92 Å². The van der Waals surface area contributed by atoms with Gasteiger partial charge in [0.1, 0.15) is 0 Å². The third kappa shape index (κ3) is 2.68. The summed E-state index contributed by atoms with van der Waals surface area (Å²) in [6.45, 7) is 2.52. The SMILES string of the molecule is Cc1c(C2CCCCO2)cccc1S(N)(=O)=O. The molecule has 2 N–H and O–H groups in total. The van der Waals surface area contributed by atoms with Crippen molar-refractivity contribution < 1.29 is 13.2 Å². The molecule has 1 aromatic carbocycles. The predicted molar refractivity (Wildman–Crippen MR) is 65.1 cm³/mol. The molecule has 1 heterocycles. The topological polar surface area (TPSA) is 69.4 Å². The molecule has 1 aliphatic rings. The summed E-state index contributed by atoms with van der Waals surface area (Å²) in [6.07, 6.45) is 3.13. The van der Waals surface area contributed by atoms with Gasteiger partial charge >= 0.3 is 0 Å². The Kier molecular flexibility index (Phi) is 3.51. The van der Waals surface area contributed by atoms with Crippen molar-refractivity contribution in [1.82, 2.24) is 0 Å². The average Bonchev–Trinajstić information content (AvgIpc) is 2.29. The minimum Gasteiger partial charge on any atom is -0.374 e. The van der Waals surface area contributed by atoms with E-state index in [-0.39, 0.29) is 11.0 Å². The zero-order valence-corrected chi connectivity index (χ0v) is 10.7. The average molecular weight is 255 g/mol. The van der Waals surface area contributed by atoms with Gasteiger partial charge in [-0.05, 0) is 43.4 Å². The number of hydrogen-bond acceptors (Lipinski definition) is 3. The van der Waals surface area contributed by atoms with Gasteiger partial charge in [-0.25, -0.2) is 13.6 Å². The van der Waals surface area contributed by atoms with E-state index in [1.54, 1.807) is 13.0 Å². The number of hydrogen-bond donors (Lipinski definition) is 1. The number of primary sulfonamides is 1. The maximum atomic E-state index is 11.4. The number of ether oxygens (including phenoxy) is 1. The predicted octanol–water partition coefficient (Wildman–Crippen LogP) is 1.88. The lowest BCUT2D eigenvalue weighted by Crippen LogP contribution is -2.17. The lowest BCUT2D eigenvalue weighted by molar-refractivity contribution is 0.0144. The maximum Gasteiger partial charge on any atom is 0.238 e. The molecule has 17 heavy (non-hydrogen) atoms. The van der Waals surface area contributed by atoms with Gasteiger partial charge in [-0.2, -0.15) is 0 Å². The van der Waals surface area contributed by atoms with E-state index in [0.717, 1.165) is 31.4 Å². The first-order valence-corrected chi connectivity index (χ1v) is 7.28. The first kappa shape index (κ1) is 12.5. The summed E-state index contributed by atoms with van der Waals surface area (Å²) in [7, 11) is -3.65. The Bertz CT molecular complexity index is 504. The second-order valence-corrected chi connectivity index (χ2v) is 5.90. The van der Waals surface area contributed by atoms with Crippen LogP contribution in [-0.2, 0) is 14.8 Å². The summed E-state index contributed by atoms with van der Waals surface area (Å²) >= 11 is 0. The second-order valence-electron chi connectivity index (χ2n) is 4.37. The second kappa shape index (κ2) is 4.76. The zero-order valence-electron chi connectivity index (χ0n) is 9.85. The van der Waals surface area contributed by atoms with Crippen molar-refractivity contribution in [1.29, 1.82) is 0 Å². The van der Waals surface area contributed by atoms with Gasteiger partial charge in [-0.1, -0.05) is 12.1 Å². The fourth-order valence-corrected chi connectivity index (χ4v) is 3.09. The minimum atomic E-state index is -3.65. The smallest absolute Gasteiger partial charge is 0.238 e. The van der Waals surface area contributed by atoms with Crippen molar-refractivity contribution in [2.45, 2.75) is 37.2 Å².